The van der Waals surface area contributed by atoms with Gasteiger partial charge in [0.05, 0.1) is 4.90 Å². The first-order valence-electron chi connectivity index (χ1n) is 6.32. The van der Waals surface area contributed by atoms with Crippen LogP contribution in [0.3, 0.4) is 0 Å². The fraction of sp³-hybridized carbons (Fsp3) is 0.231. The number of nitrogens with one attached hydrogen (secondary N) is 2. The van der Waals surface area contributed by atoms with Crippen molar-refractivity contribution in [3.63, 3.8) is 0 Å². The number of benzene rings is 1. The number of halogens is 1. The van der Waals surface area contributed by atoms with Gasteiger partial charge in [0.2, 0.25) is 0 Å². The SMILES string of the molecule is CCNCc1ccc(S(=O)(=O)Nc2cccnn2)cc1Cl. The monoisotopic (exact) mass is 326 g/mol. The van der Waals surface area contributed by atoms with Crippen molar-refractivity contribution < 1.29 is 8.42 Å². The fourth-order valence-corrected chi connectivity index (χ4v) is 2.99. The molecule has 21 heavy (non-hydrogen) atoms. The molecule has 0 saturated carbocycles. The van der Waals surface area contributed by atoms with Gasteiger partial charge in [0.15, 0.2) is 5.82 Å². The first kappa shape index (κ1) is 15.7. The Morgan fingerprint density at radius 3 is 2.71 bits per heavy atom. The third-order valence-electron chi connectivity index (χ3n) is 2.71. The standard InChI is InChI=1S/C13H15ClN4O2S/c1-2-15-9-10-5-6-11(8-12(10)14)21(19,20)18-13-4-3-7-16-17-13/h3-8,15H,2,9H2,1H3,(H,17,18). The average Bonchev–Trinajstić information content (AvgIpc) is 2.46. The summed E-state index contributed by atoms with van der Waals surface area (Å²) in [6.07, 6.45) is 1.46. The van der Waals surface area contributed by atoms with Gasteiger partial charge in [-0.15, -0.1) is 5.10 Å². The zero-order chi connectivity index (χ0) is 15.3. The second kappa shape index (κ2) is 6.84. The van der Waals surface area contributed by atoms with Crippen molar-refractivity contribution in [3.05, 3.63) is 47.1 Å². The number of nitrogens with zero attached hydrogens (tertiary/aromatic N) is 2. The van der Waals surface area contributed by atoms with Crippen LogP contribution in [-0.2, 0) is 16.6 Å². The van der Waals surface area contributed by atoms with Crippen LogP contribution in [-0.4, -0.2) is 25.2 Å². The van der Waals surface area contributed by atoms with Crippen LogP contribution < -0.4 is 10.0 Å². The Balaban J connectivity index is 2.22. The van der Waals surface area contributed by atoms with Gasteiger partial charge in [-0.25, -0.2) is 8.42 Å². The molecule has 0 bridgehead atoms. The highest BCUT2D eigenvalue weighted by atomic mass is 35.5. The summed E-state index contributed by atoms with van der Waals surface area (Å²) in [6.45, 7) is 3.38. The number of rotatable bonds is 6. The molecule has 0 spiro atoms. The summed E-state index contributed by atoms with van der Waals surface area (Å²) in [5.74, 6) is 0.158. The second-order valence-electron chi connectivity index (χ2n) is 4.25. The molecule has 0 aliphatic carbocycles. The Morgan fingerprint density at radius 1 is 1.29 bits per heavy atom. The maximum atomic E-state index is 12.2. The maximum absolute atomic E-state index is 12.2. The molecule has 0 atom stereocenters. The highest BCUT2D eigenvalue weighted by molar-refractivity contribution is 7.92. The summed E-state index contributed by atoms with van der Waals surface area (Å²) in [5, 5.41) is 10.8. The highest BCUT2D eigenvalue weighted by Crippen LogP contribution is 2.22. The van der Waals surface area contributed by atoms with E-state index in [0.29, 0.717) is 11.6 Å². The fourth-order valence-electron chi connectivity index (χ4n) is 1.65. The lowest BCUT2D eigenvalue weighted by Gasteiger charge is -2.09. The van der Waals surface area contributed by atoms with E-state index in [9.17, 15) is 8.42 Å². The Hall–Kier alpha value is -1.70. The van der Waals surface area contributed by atoms with E-state index in [1.165, 1.54) is 24.4 Å². The van der Waals surface area contributed by atoms with Crippen LogP contribution in [0.25, 0.3) is 0 Å². The molecule has 2 aromatic rings. The summed E-state index contributed by atoms with van der Waals surface area (Å²) in [6, 6.07) is 7.74. The molecule has 8 heteroatoms. The zero-order valence-corrected chi connectivity index (χ0v) is 12.9. The number of anilines is 1. The van der Waals surface area contributed by atoms with Crippen molar-refractivity contribution in [3.8, 4) is 0 Å². The van der Waals surface area contributed by atoms with Crippen LogP contribution in [0.15, 0.2) is 41.4 Å². The molecule has 0 fully saturated rings. The van der Waals surface area contributed by atoms with Crippen molar-refractivity contribution in [2.45, 2.75) is 18.4 Å². The Kier molecular flexibility index (Phi) is 5.11. The summed E-state index contributed by atoms with van der Waals surface area (Å²) in [4.78, 5) is 0.0819. The van der Waals surface area contributed by atoms with E-state index in [1.54, 1.807) is 12.1 Å². The van der Waals surface area contributed by atoms with Gasteiger partial charge in [-0.3, -0.25) is 4.72 Å². The molecule has 2 rings (SSSR count). The minimum absolute atomic E-state index is 0.0819. The average molecular weight is 327 g/mol. The van der Waals surface area contributed by atoms with E-state index in [4.69, 9.17) is 11.6 Å². The van der Waals surface area contributed by atoms with Gasteiger partial charge in [-0.05, 0) is 36.4 Å². The smallest absolute Gasteiger partial charge is 0.263 e. The number of hydrogen-bond donors (Lipinski definition) is 2. The lowest BCUT2D eigenvalue weighted by atomic mass is 10.2. The van der Waals surface area contributed by atoms with Crippen LogP contribution in [0.1, 0.15) is 12.5 Å². The van der Waals surface area contributed by atoms with E-state index in [0.717, 1.165) is 12.1 Å². The molecule has 1 aromatic carbocycles. The number of aromatic nitrogens is 2. The van der Waals surface area contributed by atoms with E-state index in [1.807, 2.05) is 6.92 Å². The number of hydrogen-bond acceptors (Lipinski definition) is 5. The predicted molar refractivity (Wildman–Crippen MR) is 81.7 cm³/mol. The van der Waals surface area contributed by atoms with Crippen LogP contribution in [0.4, 0.5) is 5.82 Å². The third-order valence-corrected chi connectivity index (χ3v) is 4.42. The van der Waals surface area contributed by atoms with Crippen molar-refractivity contribution in [2.24, 2.45) is 0 Å². The summed E-state index contributed by atoms with van der Waals surface area (Å²) in [5.41, 5.74) is 0.844. The van der Waals surface area contributed by atoms with Gasteiger partial charge >= 0.3 is 0 Å². The first-order valence-corrected chi connectivity index (χ1v) is 8.18. The van der Waals surface area contributed by atoms with Crippen molar-refractivity contribution in [2.75, 3.05) is 11.3 Å². The molecule has 112 valence electrons. The van der Waals surface area contributed by atoms with Gasteiger partial charge in [0, 0.05) is 17.8 Å². The molecule has 0 saturated heterocycles. The summed E-state index contributed by atoms with van der Waals surface area (Å²) >= 11 is 6.11. The topological polar surface area (TPSA) is 84.0 Å². The molecular formula is C13H15ClN4O2S. The lowest BCUT2D eigenvalue weighted by molar-refractivity contribution is 0.601. The van der Waals surface area contributed by atoms with Gasteiger partial charge in [-0.2, -0.15) is 5.10 Å². The van der Waals surface area contributed by atoms with Crippen molar-refractivity contribution in [1.82, 2.24) is 15.5 Å². The van der Waals surface area contributed by atoms with Crippen LogP contribution in [0.5, 0.6) is 0 Å². The molecular weight excluding hydrogens is 312 g/mol. The Morgan fingerprint density at radius 2 is 2.10 bits per heavy atom. The van der Waals surface area contributed by atoms with Crippen LogP contribution in [0, 0.1) is 0 Å². The van der Waals surface area contributed by atoms with E-state index >= 15 is 0 Å². The summed E-state index contributed by atoms with van der Waals surface area (Å²) in [7, 11) is -3.73. The normalized spacial score (nSPS) is 11.3. The van der Waals surface area contributed by atoms with Crippen molar-refractivity contribution in [1.29, 1.82) is 0 Å². The predicted octanol–water partition coefficient (Wildman–Crippen LogP) is 2.04. The molecule has 0 aliphatic rings. The maximum Gasteiger partial charge on any atom is 0.263 e. The summed E-state index contributed by atoms with van der Waals surface area (Å²) < 4.78 is 26.8. The van der Waals surface area contributed by atoms with Gasteiger partial charge in [0.25, 0.3) is 10.0 Å². The van der Waals surface area contributed by atoms with Crippen LogP contribution >= 0.6 is 11.6 Å². The number of sulfonamides is 1. The van der Waals surface area contributed by atoms with Gasteiger partial charge < -0.3 is 5.32 Å². The zero-order valence-electron chi connectivity index (χ0n) is 11.4. The third kappa shape index (κ3) is 4.13. The second-order valence-corrected chi connectivity index (χ2v) is 6.34. The largest absolute Gasteiger partial charge is 0.313 e. The molecule has 1 aromatic heterocycles. The molecule has 2 N–H and O–H groups in total. The minimum atomic E-state index is -3.73. The molecule has 0 aliphatic heterocycles. The molecule has 1 heterocycles. The molecule has 0 unspecified atom stereocenters. The Bertz CT molecular complexity index is 707. The van der Waals surface area contributed by atoms with E-state index < -0.39 is 10.0 Å². The quantitative estimate of drug-likeness (QED) is 0.848. The van der Waals surface area contributed by atoms with E-state index in [2.05, 4.69) is 20.2 Å². The van der Waals surface area contributed by atoms with Gasteiger partial charge in [0.1, 0.15) is 0 Å². The van der Waals surface area contributed by atoms with E-state index in [-0.39, 0.29) is 10.7 Å². The van der Waals surface area contributed by atoms with Crippen molar-refractivity contribution >= 4 is 27.4 Å². The molecule has 0 amide bonds. The lowest BCUT2D eigenvalue weighted by Crippen LogP contribution is -2.15. The minimum Gasteiger partial charge on any atom is -0.313 e. The molecule has 6 nitrogen and oxygen atoms in total. The first-order chi connectivity index (χ1) is 10.0. The molecule has 0 radical (unpaired) electrons. The highest BCUT2D eigenvalue weighted by Gasteiger charge is 2.16. The van der Waals surface area contributed by atoms with Gasteiger partial charge in [-0.1, -0.05) is 24.6 Å². The van der Waals surface area contributed by atoms with Crippen LogP contribution in [0.2, 0.25) is 5.02 Å². The Labute approximate surface area is 128 Å².